The van der Waals surface area contributed by atoms with Gasteiger partial charge in [-0.2, -0.15) is 0 Å². The fourth-order valence-corrected chi connectivity index (χ4v) is 7.17. The van der Waals surface area contributed by atoms with Crippen LogP contribution in [0.25, 0.3) is 0 Å². The molecule has 0 amide bonds. The minimum absolute atomic E-state index is 0.966. The second kappa shape index (κ2) is 41.8. The summed E-state index contributed by atoms with van der Waals surface area (Å²) in [4.78, 5) is 0. The van der Waals surface area contributed by atoms with Gasteiger partial charge in [-0.3, -0.25) is 0 Å². The summed E-state index contributed by atoms with van der Waals surface area (Å²) in [6.07, 6.45) is 61.8. The number of allylic oxidation sites excluding steroid dienone is 2. The summed E-state index contributed by atoms with van der Waals surface area (Å²) < 4.78 is 0. The lowest BCUT2D eigenvalue weighted by Crippen LogP contribution is -1.94. The Balaban J connectivity index is 3.08. The van der Waals surface area contributed by atoms with E-state index in [1.807, 2.05) is 0 Å². The van der Waals surface area contributed by atoms with E-state index in [9.17, 15) is 0 Å². The highest BCUT2D eigenvalue weighted by molar-refractivity contribution is 4.80. The van der Waals surface area contributed by atoms with Gasteiger partial charge in [0.25, 0.3) is 0 Å². The number of unbranched alkanes of at least 4 members (excludes halogenated alkanes) is 34. The Bertz CT molecular complexity index is 518. The molecule has 0 aromatic rings. The first-order chi connectivity index (χ1) is 22.3. The standard InChI is InChI=1S/C45H90/c1-4-6-8-9-10-11-12-13-14-15-16-17-18-19-20-21-22-23-24-25-26-27-28-29-30-31-32-33-34-35-36-37-38-39-40-42-44-45(3)43-41-7-5-2/h8-9,45H,4-7,10-44H2,1-3H3. The lowest BCUT2D eigenvalue weighted by Gasteiger charge is -2.10. The second-order valence-electron chi connectivity index (χ2n) is 15.4. The van der Waals surface area contributed by atoms with Crippen molar-refractivity contribution < 1.29 is 0 Å². The molecule has 0 aliphatic carbocycles. The Morgan fingerprint density at radius 2 is 0.511 bits per heavy atom. The van der Waals surface area contributed by atoms with Gasteiger partial charge in [-0.25, -0.2) is 0 Å². The van der Waals surface area contributed by atoms with Crippen LogP contribution in [0.15, 0.2) is 12.2 Å². The number of hydrogen-bond donors (Lipinski definition) is 0. The Kier molecular flexibility index (Phi) is 41.5. The first kappa shape index (κ1) is 44.7. The van der Waals surface area contributed by atoms with Gasteiger partial charge in [-0.15, -0.1) is 0 Å². The van der Waals surface area contributed by atoms with Gasteiger partial charge in [-0.1, -0.05) is 264 Å². The molecule has 1 unspecified atom stereocenters. The van der Waals surface area contributed by atoms with E-state index in [1.165, 1.54) is 250 Å². The largest absolute Gasteiger partial charge is 0.0885 e. The molecule has 1 atom stereocenters. The van der Waals surface area contributed by atoms with Crippen LogP contribution in [0.5, 0.6) is 0 Å². The fraction of sp³-hybridized carbons (Fsp3) is 0.956. The topological polar surface area (TPSA) is 0 Å². The first-order valence-electron chi connectivity index (χ1n) is 22.0. The zero-order chi connectivity index (χ0) is 32.6. The summed E-state index contributed by atoms with van der Waals surface area (Å²) >= 11 is 0. The zero-order valence-corrected chi connectivity index (χ0v) is 32.3. The smallest absolute Gasteiger partial charge is 0.0351 e. The van der Waals surface area contributed by atoms with Gasteiger partial charge in [0.05, 0.1) is 0 Å². The van der Waals surface area contributed by atoms with E-state index < -0.39 is 0 Å². The average Bonchev–Trinajstić information content (AvgIpc) is 3.04. The molecular weight excluding hydrogens is 540 g/mol. The predicted octanol–water partition coefficient (Wildman–Crippen LogP) is 17.4. The molecule has 0 bridgehead atoms. The molecule has 270 valence electrons. The van der Waals surface area contributed by atoms with Crippen molar-refractivity contribution in [2.45, 2.75) is 271 Å². The molecule has 0 saturated carbocycles. The summed E-state index contributed by atoms with van der Waals surface area (Å²) in [6.45, 7) is 7.05. The van der Waals surface area contributed by atoms with Crippen LogP contribution < -0.4 is 0 Å². The zero-order valence-electron chi connectivity index (χ0n) is 32.3. The lowest BCUT2D eigenvalue weighted by atomic mass is 9.96. The molecule has 0 aromatic heterocycles. The van der Waals surface area contributed by atoms with Crippen molar-refractivity contribution in [3.8, 4) is 0 Å². The molecule has 0 N–H and O–H groups in total. The number of hydrogen-bond acceptors (Lipinski definition) is 0. The van der Waals surface area contributed by atoms with Crippen LogP contribution >= 0.6 is 0 Å². The minimum Gasteiger partial charge on any atom is -0.0885 e. The third-order valence-electron chi connectivity index (χ3n) is 10.5. The normalized spacial score (nSPS) is 12.5. The highest BCUT2D eigenvalue weighted by Crippen LogP contribution is 2.19. The van der Waals surface area contributed by atoms with E-state index in [-0.39, 0.29) is 0 Å². The molecular formula is C45H90. The van der Waals surface area contributed by atoms with E-state index in [0.29, 0.717) is 0 Å². The maximum absolute atomic E-state index is 2.47. The third-order valence-corrected chi connectivity index (χ3v) is 10.5. The van der Waals surface area contributed by atoms with Crippen LogP contribution in [0.4, 0.5) is 0 Å². The van der Waals surface area contributed by atoms with Crippen molar-refractivity contribution in [2.75, 3.05) is 0 Å². The quantitative estimate of drug-likeness (QED) is 0.0467. The highest BCUT2D eigenvalue weighted by Gasteiger charge is 2.02. The molecule has 0 aromatic carbocycles. The average molecular weight is 631 g/mol. The van der Waals surface area contributed by atoms with Crippen molar-refractivity contribution in [2.24, 2.45) is 5.92 Å². The van der Waals surface area contributed by atoms with Crippen molar-refractivity contribution in [1.29, 1.82) is 0 Å². The van der Waals surface area contributed by atoms with Gasteiger partial charge in [0.2, 0.25) is 0 Å². The van der Waals surface area contributed by atoms with E-state index in [1.54, 1.807) is 0 Å². The van der Waals surface area contributed by atoms with Crippen molar-refractivity contribution in [1.82, 2.24) is 0 Å². The lowest BCUT2D eigenvalue weighted by molar-refractivity contribution is 0.435. The molecule has 0 saturated heterocycles. The summed E-state index contributed by atoms with van der Waals surface area (Å²) in [5.74, 6) is 0.966. The fourth-order valence-electron chi connectivity index (χ4n) is 7.17. The second-order valence-corrected chi connectivity index (χ2v) is 15.4. The summed E-state index contributed by atoms with van der Waals surface area (Å²) in [7, 11) is 0. The summed E-state index contributed by atoms with van der Waals surface area (Å²) in [6, 6.07) is 0. The monoisotopic (exact) mass is 631 g/mol. The van der Waals surface area contributed by atoms with Gasteiger partial charge in [0, 0.05) is 0 Å². The number of rotatable bonds is 40. The van der Waals surface area contributed by atoms with Crippen molar-refractivity contribution in [3.05, 3.63) is 12.2 Å². The van der Waals surface area contributed by atoms with Crippen LogP contribution in [0.3, 0.4) is 0 Å². The summed E-state index contributed by atoms with van der Waals surface area (Å²) in [5.41, 5.74) is 0. The SMILES string of the molecule is CCCC=CCCCCCCCCCCCCCCCCCCCCCCCCCCCCCCCCCC(C)CCCCC. The molecule has 0 heteroatoms. The predicted molar refractivity (Wildman–Crippen MR) is 210 cm³/mol. The third kappa shape index (κ3) is 41.7. The van der Waals surface area contributed by atoms with E-state index in [0.717, 1.165) is 5.92 Å². The molecule has 0 aliphatic heterocycles. The summed E-state index contributed by atoms with van der Waals surface area (Å²) in [5, 5.41) is 0. The van der Waals surface area contributed by atoms with Crippen LogP contribution in [-0.4, -0.2) is 0 Å². The van der Waals surface area contributed by atoms with E-state index >= 15 is 0 Å². The Morgan fingerprint density at radius 1 is 0.267 bits per heavy atom. The molecule has 45 heavy (non-hydrogen) atoms. The van der Waals surface area contributed by atoms with Crippen molar-refractivity contribution >= 4 is 0 Å². The Labute approximate surface area is 288 Å². The van der Waals surface area contributed by atoms with Gasteiger partial charge in [0.15, 0.2) is 0 Å². The molecule has 0 radical (unpaired) electrons. The molecule has 0 fully saturated rings. The van der Waals surface area contributed by atoms with E-state index in [2.05, 4.69) is 32.9 Å². The van der Waals surface area contributed by atoms with Gasteiger partial charge < -0.3 is 0 Å². The first-order valence-corrected chi connectivity index (χ1v) is 22.0. The molecule has 0 aliphatic rings. The minimum atomic E-state index is 0.966. The van der Waals surface area contributed by atoms with Crippen LogP contribution in [-0.2, 0) is 0 Å². The van der Waals surface area contributed by atoms with Crippen LogP contribution in [0.1, 0.15) is 271 Å². The van der Waals surface area contributed by atoms with E-state index in [4.69, 9.17) is 0 Å². The van der Waals surface area contributed by atoms with Gasteiger partial charge >= 0.3 is 0 Å². The van der Waals surface area contributed by atoms with Gasteiger partial charge in [0.1, 0.15) is 0 Å². The Morgan fingerprint density at radius 3 is 0.800 bits per heavy atom. The van der Waals surface area contributed by atoms with Gasteiger partial charge in [-0.05, 0) is 25.2 Å². The maximum atomic E-state index is 2.47. The molecule has 0 spiro atoms. The molecule has 0 nitrogen and oxygen atoms in total. The van der Waals surface area contributed by atoms with Crippen LogP contribution in [0.2, 0.25) is 0 Å². The highest BCUT2D eigenvalue weighted by atomic mass is 14.1. The van der Waals surface area contributed by atoms with Crippen LogP contribution in [0, 0.1) is 5.92 Å². The Hall–Kier alpha value is -0.260. The van der Waals surface area contributed by atoms with Crippen molar-refractivity contribution in [3.63, 3.8) is 0 Å². The molecule has 0 heterocycles. The molecule has 0 rings (SSSR count). The maximum Gasteiger partial charge on any atom is -0.0351 e.